The van der Waals surface area contributed by atoms with Crippen molar-refractivity contribution in [1.29, 1.82) is 0 Å². The summed E-state index contributed by atoms with van der Waals surface area (Å²) >= 11 is 5.93. The van der Waals surface area contributed by atoms with Crippen molar-refractivity contribution in [2.24, 2.45) is 5.92 Å². The smallest absolute Gasteiger partial charge is 0.395 e. The Morgan fingerprint density at radius 1 is 1.28 bits per heavy atom. The van der Waals surface area contributed by atoms with Gasteiger partial charge in [0.2, 0.25) is 0 Å². The van der Waals surface area contributed by atoms with E-state index < -0.39 is 60.2 Å². The molecule has 1 aromatic carbocycles. The highest BCUT2D eigenvalue weighted by atomic mass is 35.5. The molecule has 0 amide bonds. The van der Waals surface area contributed by atoms with Crippen LogP contribution in [0, 0.1) is 11.7 Å². The molecule has 2 heterocycles. The van der Waals surface area contributed by atoms with Crippen LogP contribution in [0.2, 0.25) is 5.02 Å². The molecular formula is C25H28ClF4NO5. The number of hydrogen-bond acceptors (Lipinski definition) is 5. The number of carbonyl (C=O) groups is 1. The van der Waals surface area contributed by atoms with Crippen LogP contribution < -0.4 is 10.3 Å². The standard InChI is InChI=1S/C25H28ClF4NO5/c1-13(34-5)8-18(23(33)36-24(2,3)4)31-11-19-16(10-20(31)32)21-14(6-7-17(26)22(21)27)9-15(12-35-19)25(28,29)30/h6-7,10-11,13,15,18H,8-9,12H2,1-5H3/t13-,15+,18?/m0/s1. The van der Waals surface area contributed by atoms with Gasteiger partial charge in [-0.05, 0) is 45.7 Å². The zero-order valence-electron chi connectivity index (χ0n) is 20.5. The molecule has 2 aromatic rings. The summed E-state index contributed by atoms with van der Waals surface area (Å²) in [5, 5.41) is -0.312. The SMILES string of the molecule is CO[C@@H](C)CC(C(=O)OC(C)(C)C)n1cc2c(cc1=O)-c1c(ccc(Cl)c1F)C[C@@H](C(F)(F)F)CO2. The molecule has 1 unspecified atom stereocenters. The van der Waals surface area contributed by atoms with Gasteiger partial charge in [0.15, 0.2) is 0 Å². The quantitative estimate of drug-likeness (QED) is 0.363. The molecule has 3 rings (SSSR count). The number of methoxy groups -OCH3 is 1. The number of pyridine rings is 1. The molecule has 1 aliphatic heterocycles. The van der Waals surface area contributed by atoms with Crippen LogP contribution in [-0.4, -0.2) is 42.1 Å². The number of carbonyl (C=O) groups excluding carboxylic acids is 1. The van der Waals surface area contributed by atoms with Gasteiger partial charge in [-0.1, -0.05) is 17.7 Å². The van der Waals surface area contributed by atoms with Crippen molar-refractivity contribution in [3.05, 3.63) is 51.2 Å². The highest BCUT2D eigenvalue weighted by Gasteiger charge is 2.42. The summed E-state index contributed by atoms with van der Waals surface area (Å²) in [5.74, 6) is -3.82. The molecule has 0 saturated carbocycles. The van der Waals surface area contributed by atoms with Crippen LogP contribution >= 0.6 is 11.6 Å². The van der Waals surface area contributed by atoms with E-state index in [9.17, 15) is 22.8 Å². The Morgan fingerprint density at radius 3 is 2.53 bits per heavy atom. The molecule has 11 heteroatoms. The van der Waals surface area contributed by atoms with Gasteiger partial charge in [-0.25, -0.2) is 9.18 Å². The zero-order chi connectivity index (χ0) is 27.0. The number of rotatable bonds is 5. The molecule has 1 aromatic heterocycles. The number of alkyl halides is 3. The van der Waals surface area contributed by atoms with Gasteiger partial charge in [0.1, 0.15) is 29.8 Å². The lowest BCUT2D eigenvalue weighted by molar-refractivity contribution is -0.181. The van der Waals surface area contributed by atoms with Gasteiger partial charge >= 0.3 is 12.1 Å². The van der Waals surface area contributed by atoms with E-state index in [1.165, 1.54) is 19.2 Å². The predicted molar refractivity (Wildman–Crippen MR) is 126 cm³/mol. The summed E-state index contributed by atoms with van der Waals surface area (Å²) < 4.78 is 73.5. The van der Waals surface area contributed by atoms with Gasteiger partial charge in [-0.15, -0.1) is 0 Å². The van der Waals surface area contributed by atoms with Crippen LogP contribution in [0.3, 0.4) is 0 Å². The van der Waals surface area contributed by atoms with E-state index in [0.717, 1.165) is 16.8 Å². The van der Waals surface area contributed by atoms with Crippen LogP contribution in [0.25, 0.3) is 11.1 Å². The minimum absolute atomic E-state index is 0.0338. The summed E-state index contributed by atoms with van der Waals surface area (Å²) in [7, 11) is 1.43. The molecule has 0 N–H and O–H groups in total. The van der Waals surface area contributed by atoms with Crippen LogP contribution in [0.1, 0.15) is 45.7 Å². The second kappa shape index (κ2) is 10.4. The fraction of sp³-hybridized carbons (Fsp3) is 0.520. The third kappa shape index (κ3) is 6.21. The monoisotopic (exact) mass is 533 g/mol. The van der Waals surface area contributed by atoms with E-state index in [4.69, 9.17) is 25.8 Å². The fourth-order valence-corrected chi connectivity index (χ4v) is 4.12. The molecular weight excluding hydrogens is 506 g/mol. The Balaban J connectivity index is 2.22. The lowest BCUT2D eigenvalue weighted by Crippen LogP contribution is -2.37. The first-order chi connectivity index (χ1) is 16.6. The molecule has 0 fully saturated rings. The van der Waals surface area contributed by atoms with Crippen molar-refractivity contribution in [2.45, 2.75) is 64.5 Å². The first-order valence-corrected chi connectivity index (χ1v) is 11.7. The van der Waals surface area contributed by atoms with Gasteiger partial charge in [0.05, 0.1) is 23.2 Å². The number of ether oxygens (including phenoxy) is 3. The minimum atomic E-state index is -4.62. The van der Waals surface area contributed by atoms with Gasteiger partial charge in [0.25, 0.3) is 5.56 Å². The number of benzene rings is 1. The van der Waals surface area contributed by atoms with E-state index in [0.29, 0.717) is 0 Å². The van der Waals surface area contributed by atoms with E-state index >= 15 is 4.39 Å². The Hall–Kier alpha value is -2.59. The third-order valence-corrected chi connectivity index (χ3v) is 6.13. The highest BCUT2D eigenvalue weighted by molar-refractivity contribution is 6.31. The first kappa shape index (κ1) is 28.0. The molecule has 0 bridgehead atoms. The molecule has 6 nitrogen and oxygen atoms in total. The molecule has 198 valence electrons. The van der Waals surface area contributed by atoms with Crippen LogP contribution in [0.4, 0.5) is 17.6 Å². The molecule has 0 aliphatic carbocycles. The highest BCUT2D eigenvalue weighted by Crippen LogP contribution is 2.42. The van der Waals surface area contributed by atoms with Crippen molar-refractivity contribution in [3.63, 3.8) is 0 Å². The van der Waals surface area contributed by atoms with Gasteiger partial charge in [-0.3, -0.25) is 9.36 Å². The average Bonchev–Trinajstić information content (AvgIpc) is 2.74. The van der Waals surface area contributed by atoms with Crippen LogP contribution in [0.5, 0.6) is 5.75 Å². The Kier molecular flexibility index (Phi) is 8.10. The Labute approximate surface area is 211 Å². The molecule has 1 aliphatic rings. The van der Waals surface area contributed by atoms with Crippen molar-refractivity contribution < 1.29 is 36.6 Å². The number of nitrogens with zero attached hydrogens (tertiary/aromatic N) is 1. The number of fused-ring (bicyclic) bond motifs is 3. The van der Waals surface area contributed by atoms with Crippen molar-refractivity contribution >= 4 is 17.6 Å². The molecule has 0 spiro atoms. The topological polar surface area (TPSA) is 66.8 Å². The zero-order valence-corrected chi connectivity index (χ0v) is 21.3. The molecule has 0 saturated heterocycles. The second-order valence-corrected chi connectivity index (χ2v) is 10.2. The van der Waals surface area contributed by atoms with Gasteiger partial charge < -0.3 is 14.2 Å². The third-order valence-electron chi connectivity index (χ3n) is 5.84. The van der Waals surface area contributed by atoms with E-state index in [2.05, 4.69) is 0 Å². The van der Waals surface area contributed by atoms with Crippen LogP contribution in [-0.2, 0) is 20.7 Å². The van der Waals surface area contributed by atoms with E-state index in [-0.39, 0.29) is 33.9 Å². The summed E-state index contributed by atoms with van der Waals surface area (Å²) in [5.41, 5.74) is -1.81. The maximum atomic E-state index is 15.2. The lowest BCUT2D eigenvalue weighted by atomic mass is 9.90. The lowest BCUT2D eigenvalue weighted by Gasteiger charge is -2.29. The number of hydrogen-bond donors (Lipinski definition) is 0. The summed E-state index contributed by atoms with van der Waals surface area (Å²) in [4.78, 5) is 26.3. The largest absolute Gasteiger partial charge is 0.491 e. The molecule has 36 heavy (non-hydrogen) atoms. The van der Waals surface area contributed by atoms with Gasteiger partial charge in [-0.2, -0.15) is 13.2 Å². The number of halogens is 5. The summed E-state index contributed by atoms with van der Waals surface area (Å²) in [6.45, 7) is 5.91. The number of aromatic nitrogens is 1. The first-order valence-electron chi connectivity index (χ1n) is 11.3. The Morgan fingerprint density at radius 2 is 1.94 bits per heavy atom. The fourth-order valence-electron chi connectivity index (χ4n) is 3.96. The van der Waals surface area contributed by atoms with Gasteiger partial charge in [0, 0.05) is 30.7 Å². The van der Waals surface area contributed by atoms with Crippen molar-refractivity contribution in [3.8, 4) is 16.9 Å². The van der Waals surface area contributed by atoms with Crippen LogP contribution in [0.15, 0.2) is 29.2 Å². The second-order valence-electron chi connectivity index (χ2n) is 9.78. The summed E-state index contributed by atoms with van der Waals surface area (Å²) in [6.07, 6.45) is -4.49. The average molecular weight is 534 g/mol. The van der Waals surface area contributed by atoms with Crippen molar-refractivity contribution in [1.82, 2.24) is 4.57 Å². The molecule has 3 atom stereocenters. The maximum Gasteiger partial charge on any atom is 0.395 e. The Bertz CT molecular complexity index is 1190. The number of esters is 1. The molecule has 0 radical (unpaired) electrons. The van der Waals surface area contributed by atoms with E-state index in [1.54, 1.807) is 27.7 Å². The normalized spacial score (nSPS) is 17.7. The van der Waals surface area contributed by atoms with E-state index in [1.807, 2.05) is 0 Å². The van der Waals surface area contributed by atoms with Crippen molar-refractivity contribution in [2.75, 3.05) is 13.7 Å². The maximum absolute atomic E-state index is 15.2. The predicted octanol–water partition coefficient (Wildman–Crippen LogP) is 5.73. The summed E-state index contributed by atoms with van der Waals surface area (Å²) in [6, 6.07) is 2.35. The minimum Gasteiger partial charge on any atom is -0.491 e.